The van der Waals surface area contributed by atoms with Gasteiger partial charge in [-0.25, -0.2) is 9.97 Å². The molecule has 0 bridgehead atoms. The smallest absolute Gasteiger partial charge is 0.226 e. The minimum absolute atomic E-state index is 0.284. The number of H-pyrrole nitrogens is 1. The summed E-state index contributed by atoms with van der Waals surface area (Å²) in [6, 6.07) is 5.52. The van der Waals surface area contributed by atoms with E-state index in [9.17, 15) is 0 Å². The molecule has 1 N–H and O–H groups in total. The monoisotopic (exact) mass is 344 g/mol. The average molecular weight is 345 g/mol. The molecule has 0 radical (unpaired) electrons. The highest BCUT2D eigenvalue weighted by Gasteiger charge is 2.25. The van der Waals surface area contributed by atoms with Crippen LogP contribution >= 0.6 is 11.6 Å². The van der Waals surface area contributed by atoms with Crippen LogP contribution in [0.4, 0.5) is 0 Å². The molecule has 1 aromatic carbocycles. The Morgan fingerprint density at radius 3 is 2.71 bits per heavy atom. The predicted molar refractivity (Wildman–Crippen MR) is 85.9 cm³/mol. The minimum Gasteiger partial charge on any atom is -0.492 e. The van der Waals surface area contributed by atoms with Gasteiger partial charge >= 0.3 is 0 Å². The zero-order chi connectivity index (χ0) is 16.5. The summed E-state index contributed by atoms with van der Waals surface area (Å²) in [4.78, 5) is 8.50. The zero-order valence-corrected chi connectivity index (χ0v) is 13.5. The largest absolute Gasteiger partial charge is 0.492 e. The SMILES string of the molecule is COc1c(-c2ccc(OC3CC3)c(Cl)c2)ncnc1-c1nn[nH]n1. The van der Waals surface area contributed by atoms with Gasteiger partial charge in [0.2, 0.25) is 5.82 Å². The molecule has 1 aliphatic rings. The van der Waals surface area contributed by atoms with E-state index in [-0.39, 0.29) is 6.10 Å². The molecule has 24 heavy (non-hydrogen) atoms. The second-order valence-corrected chi connectivity index (χ2v) is 5.71. The fourth-order valence-corrected chi connectivity index (χ4v) is 2.53. The van der Waals surface area contributed by atoms with Gasteiger partial charge < -0.3 is 9.47 Å². The van der Waals surface area contributed by atoms with Crippen LogP contribution in [0.5, 0.6) is 11.5 Å². The van der Waals surface area contributed by atoms with Gasteiger partial charge in [-0.1, -0.05) is 11.6 Å². The van der Waals surface area contributed by atoms with Crippen molar-refractivity contribution in [1.82, 2.24) is 30.6 Å². The first-order chi connectivity index (χ1) is 11.8. The number of tetrazole rings is 1. The first-order valence-electron chi connectivity index (χ1n) is 7.35. The molecule has 122 valence electrons. The number of ether oxygens (including phenoxy) is 2. The molecule has 2 heterocycles. The third-order valence-corrected chi connectivity index (χ3v) is 3.88. The van der Waals surface area contributed by atoms with E-state index < -0.39 is 0 Å². The number of hydrogen-bond acceptors (Lipinski definition) is 7. The van der Waals surface area contributed by atoms with Crippen molar-refractivity contribution in [1.29, 1.82) is 0 Å². The summed E-state index contributed by atoms with van der Waals surface area (Å²) >= 11 is 6.34. The van der Waals surface area contributed by atoms with E-state index in [1.54, 1.807) is 6.07 Å². The van der Waals surface area contributed by atoms with Crippen LogP contribution in [-0.4, -0.2) is 43.8 Å². The summed E-state index contributed by atoms with van der Waals surface area (Å²) in [7, 11) is 1.54. The molecule has 8 nitrogen and oxygen atoms in total. The highest BCUT2D eigenvalue weighted by atomic mass is 35.5. The van der Waals surface area contributed by atoms with Crippen LogP contribution in [-0.2, 0) is 0 Å². The van der Waals surface area contributed by atoms with Crippen molar-refractivity contribution in [3.05, 3.63) is 29.5 Å². The van der Waals surface area contributed by atoms with E-state index in [1.165, 1.54) is 13.4 Å². The maximum Gasteiger partial charge on any atom is 0.226 e. The van der Waals surface area contributed by atoms with Crippen LogP contribution < -0.4 is 9.47 Å². The number of aromatic nitrogens is 6. The van der Waals surface area contributed by atoms with Gasteiger partial charge in [0.05, 0.1) is 18.2 Å². The molecule has 0 aliphatic heterocycles. The van der Waals surface area contributed by atoms with Gasteiger partial charge in [-0.05, 0) is 36.3 Å². The van der Waals surface area contributed by atoms with Crippen LogP contribution in [0, 0.1) is 0 Å². The van der Waals surface area contributed by atoms with Crippen LogP contribution in [0.2, 0.25) is 5.02 Å². The Kier molecular flexibility index (Phi) is 3.73. The molecule has 0 saturated heterocycles. The number of nitrogens with one attached hydrogen (secondary N) is 1. The van der Waals surface area contributed by atoms with Crippen LogP contribution in [0.1, 0.15) is 12.8 Å². The summed E-state index contributed by atoms with van der Waals surface area (Å²) < 4.78 is 11.2. The summed E-state index contributed by atoms with van der Waals surface area (Å²) in [5, 5.41) is 14.3. The lowest BCUT2D eigenvalue weighted by molar-refractivity contribution is 0.303. The minimum atomic E-state index is 0.284. The number of rotatable bonds is 5. The number of nitrogens with zero attached hydrogens (tertiary/aromatic N) is 5. The molecule has 4 rings (SSSR count). The fraction of sp³-hybridized carbons (Fsp3) is 0.267. The normalized spacial score (nSPS) is 13.8. The van der Waals surface area contributed by atoms with E-state index in [2.05, 4.69) is 30.6 Å². The third-order valence-electron chi connectivity index (χ3n) is 3.59. The van der Waals surface area contributed by atoms with Crippen molar-refractivity contribution in [3.63, 3.8) is 0 Å². The van der Waals surface area contributed by atoms with Gasteiger partial charge in [0.25, 0.3) is 0 Å². The number of methoxy groups -OCH3 is 1. The second kappa shape index (κ2) is 6.04. The molecule has 2 aromatic heterocycles. The molecule has 1 saturated carbocycles. The standard InChI is InChI=1S/C15H13ClN6O2/c1-23-14-12(17-7-18-13(14)15-19-21-22-20-15)8-2-5-11(10(16)6-8)24-9-3-4-9/h2,5-7,9H,3-4H2,1H3,(H,19,20,21,22). The van der Waals surface area contributed by atoms with E-state index in [4.69, 9.17) is 21.1 Å². The Balaban J connectivity index is 1.76. The summed E-state index contributed by atoms with van der Waals surface area (Å²) in [6.07, 6.45) is 3.86. The third kappa shape index (κ3) is 2.76. The number of aromatic amines is 1. The van der Waals surface area contributed by atoms with Gasteiger partial charge in [-0.15, -0.1) is 10.2 Å². The van der Waals surface area contributed by atoms with Gasteiger partial charge in [-0.3, -0.25) is 0 Å². The first kappa shape index (κ1) is 14.8. The van der Waals surface area contributed by atoms with E-state index in [0.717, 1.165) is 18.4 Å². The van der Waals surface area contributed by atoms with Crippen LogP contribution in [0.15, 0.2) is 24.5 Å². The zero-order valence-electron chi connectivity index (χ0n) is 12.7. The quantitative estimate of drug-likeness (QED) is 0.759. The maximum atomic E-state index is 6.34. The van der Waals surface area contributed by atoms with Crippen molar-refractivity contribution in [2.45, 2.75) is 18.9 Å². The molecule has 0 atom stereocenters. The van der Waals surface area contributed by atoms with E-state index in [1.807, 2.05) is 12.1 Å². The van der Waals surface area contributed by atoms with Gasteiger partial charge in [0.15, 0.2) is 11.4 Å². The summed E-state index contributed by atoms with van der Waals surface area (Å²) in [5.41, 5.74) is 1.82. The molecule has 3 aromatic rings. The Bertz CT molecular complexity index is 866. The average Bonchev–Trinajstić information content (AvgIpc) is 3.25. The van der Waals surface area contributed by atoms with Gasteiger partial charge in [0, 0.05) is 5.56 Å². The Labute approximate surface area is 142 Å². The Morgan fingerprint density at radius 2 is 2.04 bits per heavy atom. The molecule has 1 aliphatic carbocycles. The van der Waals surface area contributed by atoms with Crippen LogP contribution in [0.25, 0.3) is 22.8 Å². The molecule has 0 unspecified atom stereocenters. The van der Waals surface area contributed by atoms with Gasteiger partial charge in [-0.2, -0.15) is 5.21 Å². The molecular formula is C15H13ClN6O2. The molecule has 1 fully saturated rings. The topological polar surface area (TPSA) is 98.7 Å². The molecule has 0 spiro atoms. The Morgan fingerprint density at radius 1 is 1.21 bits per heavy atom. The maximum absolute atomic E-state index is 6.34. The number of benzene rings is 1. The number of halogens is 1. The van der Waals surface area contributed by atoms with Crippen molar-refractivity contribution < 1.29 is 9.47 Å². The Hall–Kier alpha value is -2.74. The van der Waals surface area contributed by atoms with Crippen LogP contribution in [0.3, 0.4) is 0 Å². The lowest BCUT2D eigenvalue weighted by Gasteiger charge is -2.12. The van der Waals surface area contributed by atoms with E-state index >= 15 is 0 Å². The number of hydrogen-bond donors (Lipinski definition) is 1. The highest BCUT2D eigenvalue weighted by Crippen LogP contribution is 2.38. The molecule has 0 amide bonds. The molecular weight excluding hydrogens is 332 g/mol. The highest BCUT2D eigenvalue weighted by molar-refractivity contribution is 6.32. The lowest BCUT2D eigenvalue weighted by atomic mass is 10.1. The van der Waals surface area contributed by atoms with Crippen molar-refractivity contribution in [3.8, 4) is 34.3 Å². The predicted octanol–water partition coefficient (Wildman–Crippen LogP) is 2.53. The summed E-state index contributed by atoms with van der Waals surface area (Å²) in [6.45, 7) is 0. The second-order valence-electron chi connectivity index (χ2n) is 5.30. The first-order valence-corrected chi connectivity index (χ1v) is 7.73. The van der Waals surface area contributed by atoms with E-state index in [0.29, 0.717) is 33.7 Å². The lowest BCUT2D eigenvalue weighted by Crippen LogP contribution is -1.99. The fourth-order valence-electron chi connectivity index (χ4n) is 2.30. The van der Waals surface area contributed by atoms with Crippen molar-refractivity contribution in [2.75, 3.05) is 7.11 Å². The van der Waals surface area contributed by atoms with Crippen molar-refractivity contribution >= 4 is 11.6 Å². The summed E-state index contributed by atoms with van der Waals surface area (Å²) in [5.74, 6) is 1.45. The molecule has 9 heteroatoms. The van der Waals surface area contributed by atoms with Gasteiger partial charge in [0.1, 0.15) is 17.8 Å². The van der Waals surface area contributed by atoms with Crippen molar-refractivity contribution in [2.24, 2.45) is 0 Å².